The van der Waals surface area contributed by atoms with Crippen LogP contribution in [0.25, 0.3) is 0 Å². The summed E-state index contributed by atoms with van der Waals surface area (Å²) in [5.74, 6) is -1.16. The molecule has 1 aliphatic rings. The molecule has 0 bridgehead atoms. The Balaban J connectivity index is 2.39. The van der Waals surface area contributed by atoms with Gasteiger partial charge in [-0.2, -0.15) is 0 Å². The first kappa shape index (κ1) is 14.1. The minimum absolute atomic E-state index is 0.0270. The third kappa shape index (κ3) is 2.40. The van der Waals surface area contributed by atoms with E-state index in [1.165, 1.54) is 6.92 Å². The Morgan fingerprint density at radius 1 is 1.42 bits per heavy atom. The third-order valence-electron chi connectivity index (χ3n) is 3.66. The summed E-state index contributed by atoms with van der Waals surface area (Å²) < 4.78 is 27.3. The van der Waals surface area contributed by atoms with Gasteiger partial charge in [-0.1, -0.05) is 13.8 Å². The summed E-state index contributed by atoms with van der Waals surface area (Å²) in [5.41, 5.74) is 0.491. The molecule has 0 aliphatic heterocycles. The number of aromatic nitrogens is 1. The van der Waals surface area contributed by atoms with E-state index in [9.17, 15) is 13.2 Å². The Bertz CT molecular complexity index is 643. The highest BCUT2D eigenvalue weighted by Crippen LogP contribution is 2.45. The second-order valence-corrected chi connectivity index (χ2v) is 7.40. The SMILES string of the molecule is Cc1[nH]c(C(=O)O)c(C)c1S(=O)(=O)NC1CC1(C)C. The van der Waals surface area contributed by atoms with Crippen molar-refractivity contribution in [2.75, 3.05) is 0 Å². The molecular weight excluding hydrogens is 268 g/mol. The van der Waals surface area contributed by atoms with E-state index < -0.39 is 16.0 Å². The zero-order chi connectivity index (χ0) is 14.6. The lowest BCUT2D eigenvalue weighted by Gasteiger charge is -2.09. The molecule has 2 rings (SSSR count). The normalized spacial score (nSPS) is 21.4. The molecule has 0 aromatic carbocycles. The third-order valence-corrected chi connectivity index (χ3v) is 5.41. The molecule has 0 radical (unpaired) electrons. The van der Waals surface area contributed by atoms with Crippen molar-refractivity contribution in [1.29, 1.82) is 0 Å². The summed E-state index contributed by atoms with van der Waals surface area (Å²) in [6, 6.07) is -0.0838. The van der Waals surface area contributed by atoms with Crippen molar-refractivity contribution in [3.8, 4) is 0 Å². The van der Waals surface area contributed by atoms with Gasteiger partial charge in [0, 0.05) is 17.3 Å². The van der Waals surface area contributed by atoms with Gasteiger partial charge in [0.05, 0.1) is 0 Å². The predicted octanol–water partition coefficient (Wildman–Crippen LogP) is 1.41. The first-order valence-corrected chi connectivity index (χ1v) is 7.49. The molecule has 6 nitrogen and oxygen atoms in total. The number of hydrogen-bond donors (Lipinski definition) is 3. The van der Waals surface area contributed by atoms with Gasteiger partial charge >= 0.3 is 5.97 Å². The number of carboxylic acid groups (broad SMARTS) is 1. The van der Waals surface area contributed by atoms with Gasteiger partial charge in [-0.3, -0.25) is 0 Å². The fraction of sp³-hybridized carbons (Fsp3) is 0.583. The summed E-state index contributed by atoms with van der Waals surface area (Å²) in [7, 11) is -3.69. The second kappa shape index (κ2) is 4.08. The number of hydrogen-bond acceptors (Lipinski definition) is 3. The van der Waals surface area contributed by atoms with Crippen LogP contribution in [0.15, 0.2) is 4.90 Å². The molecule has 3 N–H and O–H groups in total. The van der Waals surface area contributed by atoms with Crippen molar-refractivity contribution in [3.05, 3.63) is 17.0 Å². The molecule has 1 atom stereocenters. The van der Waals surface area contributed by atoms with Crippen LogP contribution in [-0.4, -0.2) is 30.5 Å². The summed E-state index contributed by atoms with van der Waals surface area (Å²) >= 11 is 0. The van der Waals surface area contributed by atoms with Crippen LogP contribution in [0.5, 0.6) is 0 Å². The summed E-state index contributed by atoms with van der Waals surface area (Å²) in [4.78, 5) is 13.7. The van der Waals surface area contributed by atoms with Crippen molar-refractivity contribution in [1.82, 2.24) is 9.71 Å². The van der Waals surface area contributed by atoms with Gasteiger partial charge in [0.25, 0.3) is 0 Å². The standard InChI is InChI=1S/C12H18N2O4S/c1-6-9(11(15)16)13-7(2)10(6)19(17,18)14-8-5-12(8,3)4/h8,13-14H,5H2,1-4H3,(H,15,16). The first-order valence-electron chi connectivity index (χ1n) is 6.01. The Morgan fingerprint density at radius 2 is 1.95 bits per heavy atom. The molecule has 106 valence electrons. The summed E-state index contributed by atoms with van der Waals surface area (Å²) in [6.45, 7) is 7.03. The first-order chi connectivity index (χ1) is 8.56. The molecule has 7 heteroatoms. The quantitative estimate of drug-likeness (QED) is 0.779. The number of nitrogens with one attached hydrogen (secondary N) is 2. The zero-order valence-corrected chi connectivity index (χ0v) is 12.2. The highest BCUT2D eigenvalue weighted by Gasteiger charge is 2.48. The topological polar surface area (TPSA) is 99.3 Å². The molecule has 1 fully saturated rings. The van der Waals surface area contributed by atoms with Crippen LogP contribution in [0.3, 0.4) is 0 Å². The number of aryl methyl sites for hydroxylation is 1. The van der Waals surface area contributed by atoms with E-state index in [-0.39, 0.29) is 27.6 Å². The van der Waals surface area contributed by atoms with Crippen molar-refractivity contribution in [2.24, 2.45) is 5.41 Å². The Hall–Kier alpha value is -1.34. The average Bonchev–Trinajstić information content (AvgIpc) is 2.66. The van der Waals surface area contributed by atoms with E-state index >= 15 is 0 Å². The van der Waals surface area contributed by atoms with Crippen LogP contribution in [0.1, 0.15) is 42.0 Å². The van der Waals surface area contributed by atoms with Crippen molar-refractivity contribution < 1.29 is 18.3 Å². The summed E-state index contributed by atoms with van der Waals surface area (Å²) in [5, 5.41) is 9.00. The average molecular weight is 286 g/mol. The smallest absolute Gasteiger partial charge is 0.352 e. The number of carboxylic acids is 1. The van der Waals surface area contributed by atoms with Crippen LogP contribution >= 0.6 is 0 Å². The Labute approximate surface area is 112 Å². The molecule has 1 heterocycles. The van der Waals surface area contributed by atoms with E-state index in [4.69, 9.17) is 5.11 Å². The van der Waals surface area contributed by atoms with E-state index in [2.05, 4.69) is 9.71 Å². The Kier molecular flexibility index (Phi) is 3.02. The largest absolute Gasteiger partial charge is 0.477 e. The number of H-pyrrole nitrogens is 1. The number of sulfonamides is 1. The number of aromatic carboxylic acids is 1. The van der Waals surface area contributed by atoms with Crippen molar-refractivity contribution >= 4 is 16.0 Å². The van der Waals surface area contributed by atoms with Crippen molar-refractivity contribution in [2.45, 2.75) is 45.1 Å². The maximum atomic E-state index is 12.3. The van der Waals surface area contributed by atoms with Crippen LogP contribution < -0.4 is 4.72 Å². The van der Waals surface area contributed by atoms with Gasteiger partial charge in [-0.25, -0.2) is 17.9 Å². The Morgan fingerprint density at radius 3 is 2.32 bits per heavy atom. The zero-order valence-electron chi connectivity index (χ0n) is 11.4. The second-order valence-electron chi connectivity index (χ2n) is 5.75. The highest BCUT2D eigenvalue weighted by molar-refractivity contribution is 7.89. The molecule has 1 aromatic heterocycles. The van der Waals surface area contributed by atoms with Crippen LogP contribution in [0, 0.1) is 19.3 Å². The minimum atomic E-state index is -3.69. The number of rotatable bonds is 4. The van der Waals surface area contributed by atoms with Crippen molar-refractivity contribution in [3.63, 3.8) is 0 Å². The molecular formula is C12H18N2O4S. The van der Waals surface area contributed by atoms with Crippen LogP contribution in [0.4, 0.5) is 0 Å². The predicted molar refractivity (Wildman–Crippen MR) is 69.7 cm³/mol. The molecule has 1 unspecified atom stereocenters. The molecule has 0 saturated heterocycles. The van der Waals surface area contributed by atoms with Gasteiger partial charge in [0.1, 0.15) is 10.6 Å². The van der Waals surface area contributed by atoms with Crippen LogP contribution in [-0.2, 0) is 10.0 Å². The van der Waals surface area contributed by atoms with E-state index in [0.717, 1.165) is 6.42 Å². The maximum absolute atomic E-state index is 12.3. The van der Waals surface area contributed by atoms with Gasteiger partial charge in [-0.15, -0.1) is 0 Å². The lowest BCUT2D eigenvalue weighted by atomic mass is 10.2. The monoisotopic (exact) mass is 286 g/mol. The van der Waals surface area contributed by atoms with E-state index in [1.54, 1.807) is 6.92 Å². The molecule has 1 aliphatic carbocycles. The fourth-order valence-corrected chi connectivity index (χ4v) is 4.12. The molecule has 0 spiro atoms. The number of carbonyl (C=O) groups is 1. The minimum Gasteiger partial charge on any atom is -0.477 e. The van der Waals surface area contributed by atoms with Gasteiger partial charge in [0.2, 0.25) is 10.0 Å². The maximum Gasteiger partial charge on any atom is 0.352 e. The van der Waals surface area contributed by atoms with E-state index in [0.29, 0.717) is 5.69 Å². The fourth-order valence-electron chi connectivity index (χ4n) is 2.26. The number of aromatic amines is 1. The van der Waals surface area contributed by atoms with Crippen LogP contribution in [0.2, 0.25) is 0 Å². The lowest BCUT2D eigenvalue weighted by molar-refractivity contribution is 0.0690. The van der Waals surface area contributed by atoms with Gasteiger partial charge < -0.3 is 10.1 Å². The highest BCUT2D eigenvalue weighted by atomic mass is 32.2. The van der Waals surface area contributed by atoms with Gasteiger partial charge in [-0.05, 0) is 25.7 Å². The van der Waals surface area contributed by atoms with E-state index in [1.807, 2.05) is 13.8 Å². The lowest BCUT2D eigenvalue weighted by Crippen LogP contribution is -2.29. The summed E-state index contributed by atoms with van der Waals surface area (Å²) in [6.07, 6.45) is 0.792. The van der Waals surface area contributed by atoms with Gasteiger partial charge in [0.15, 0.2) is 0 Å². The molecule has 1 saturated carbocycles. The molecule has 19 heavy (non-hydrogen) atoms. The molecule has 0 amide bonds. The molecule has 1 aromatic rings.